The molecular formula is C14H22ClF3N2O3. The largest absolute Gasteiger partial charge is 0.471 e. The molecule has 2 unspecified atom stereocenters. The van der Waals surface area contributed by atoms with Crippen LogP contribution < -0.4 is 5.32 Å². The lowest BCUT2D eigenvalue weighted by Crippen LogP contribution is -2.48. The maximum atomic E-state index is 12.0. The van der Waals surface area contributed by atoms with Crippen LogP contribution in [0.1, 0.15) is 26.7 Å². The summed E-state index contributed by atoms with van der Waals surface area (Å²) in [5, 5.41) is 3.14. The molecule has 0 bridgehead atoms. The summed E-state index contributed by atoms with van der Waals surface area (Å²) in [7, 11) is 0. The number of likely N-dealkylation sites (tertiary alicyclic amines) is 1. The molecule has 2 heterocycles. The Balaban J connectivity index is 0.000000460. The van der Waals surface area contributed by atoms with Gasteiger partial charge in [0.05, 0.1) is 0 Å². The second-order valence-electron chi connectivity index (χ2n) is 5.69. The summed E-state index contributed by atoms with van der Waals surface area (Å²) in [6.45, 7) is 4.99. The molecule has 2 aliphatic heterocycles. The number of carbonyl (C=O) groups is 3. The van der Waals surface area contributed by atoms with E-state index in [1.807, 2.05) is 6.92 Å². The summed E-state index contributed by atoms with van der Waals surface area (Å²) in [6, 6.07) is 0. The minimum atomic E-state index is -4.83. The maximum absolute atomic E-state index is 12.0. The maximum Gasteiger partial charge on any atom is 0.471 e. The van der Waals surface area contributed by atoms with Crippen molar-refractivity contribution in [3.8, 4) is 0 Å². The lowest BCUT2D eigenvalue weighted by Gasteiger charge is -2.30. The zero-order valence-electron chi connectivity index (χ0n) is 13.1. The molecule has 0 radical (unpaired) electrons. The van der Waals surface area contributed by atoms with Gasteiger partial charge in [-0.1, -0.05) is 13.8 Å². The molecule has 5 nitrogen and oxygen atoms in total. The van der Waals surface area contributed by atoms with Gasteiger partial charge >= 0.3 is 12.1 Å². The molecule has 0 saturated carbocycles. The Morgan fingerprint density at radius 2 is 1.70 bits per heavy atom. The molecule has 0 spiro atoms. The topological polar surface area (TPSA) is 66.5 Å². The van der Waals surface area contributed by atoms with Crippen molar-refractivity contribution < 1.29 is 27.6 Å². The van der Waals surface area contributed by atoms with Crippen LogP contribution in [0.3, 0.4) is 0 Å². The van der Waals surface area contributed by atoms with Gasteiger partial charge in [-0.15, -0.1) is 12.4 Å². The first-order valence-electron chi connectivity index (χ1n) is 7.25. The van der Waals surface area contributed by atoms with E-state index in [1.54, 1.807) is 0 Å². The summed E-state index contributed by atoms with van der Waals surface area (Å²) < 4.78 is 35.9. The molecule has 1 amide bonds. The van der Waals surface area contributed by atoms with Crippen molar-refractivity contribution in [1.82, 2.24) is 10.2 Å². The van der Waals surface area contributed by atoms with E-state index in [0.717, 1.165) is 19.5 Å². The quantitative estimate of drug-likeness (QED) is 0.714. The molecule has 9 heteroatoms. The molecule has 0 aliphatic carbocycles. The molecular weight excluding hydrogens is 337 g/mol. The van der Waals surface area contributed by atoms with Gasteiger partial charge in [0.1, 0.15) is 11.6 Å². The van der Waals surface area contributed by atoms with E-state index in [-0.39, 0.29) is 43.6 Å². The van der Waals surface area contributed by atoms with Gasteiger partial charge in [0.15, 0.2) is 0 Å². The third-order valence-electron chi connectivity index (χ3n) is 3.75. The van der Waals surface area contributed by atoms with Crippen LogP contribution in [0.2, 0.25) is 0 Å². The zero-order chi connectivity index (χ0) is 16.9. The highest BCUT2D eigenvalue weighted by Crippen LogP contribution is 2.22. The van der Waals surface area contributed by atoms with Gasteiger partial charge in [0.25, 0.3) is 0 Å². The number of nitrogens with zero attached hydrogens (tertiary/aromatic N) is 1. The highest BCUT2D eigenvalue weighted by atomic mass is 35.5. The van der Waals surface area contributed by atoms with Crippen LogP contribution in [-0.2, 0) is 14.4 Å². The summed E-state index contributed by atoms with van der Waals surface area (Å²) in [4.78, 5) is 33.2. The van der Waals surface area contributed by atoms with Gasteiger partial charge in [-0.3, -0.25) is 14.4 Å². The van der Waals surface area contributed by atoms with Gasteiger partial charge in [0, 0.05) is 50.9 Å². The van der Waals surface area contributed by atoms with E-state index in [9.17, 15) is 27.6 Å². The number of piperidine rings is 2. The Kier molecular flexibility index (Phi) is 8.76. The van der Waals surface area contributed by atoms with Gasteiger partial charge < -0.3 is 10.2 Å². The summed E-state index contributed by atoms with van der Waals surface area (Å²) in [5.41, 5.74) is 0. The molecule has 2 rings (SSSR count). The van der Waals surface area contributed by atoms with Crippen molar-refractivity contribution in [3.05, 3.63) is 0 Å². The fourth-order valence-electron chi connectivity index (χ4n) is 2.27. The Labute approximate surface area is 139 Å². The zero-order valence-corrected chi connectivity index (χ0v) is 13.9. The van der Waals surface area contributed by atoms with Crippen LogP contribution in [0.5, 0.6) is 0 Å². The van der Waals surface area contributed by atoms with Crippen LogP contribution in [0.25, 0.3) is 0 Å². The van der Waals surface area contributed by atoms with Gasteiger partial charge in [-0.05, 0) is 0 Å². The molecule has 2 aliphatic rings. The normalized spacial score (nSPS) is 25.2. The highest BCUT2D eigenvalue weighted by molar-refractivity contribution is 5.87. The predicted octanol–water partition coefficient (Wildman–Crippen LogP) is 1.59. The van der Waals surface area contributed by atoms with Crippen molar-refractivity contribution >= 4 is 29.9 Å². The minimum Gasteiger partial charge on any atom is -0.334 e. The van der Waals surface area contributed by atoms with Crippen LogP contribution in [0.15, 0.2) is 0 Å². The van der Waals surface area contributed by atoms with Gasteiger partial charge in [0.2, 0.25) is 0 Å². The van der Waals surface area contributed by atoms with E-state index in [0.29, 0.717) is 10.7 Å². The SMILES string of the molecule is CC1CN(C(=O)C(F)(F)F)CCC1=O.CC1CNCCC1=O.Cl. The molecule has 0 aromatic carbocycles. The molecule has 0 aromatic heterocycles. The fraction of sp³-hybridized carbons (Fsp3) is 0.786. The van der Waals surface area contributed by atoms with Crippen LogP contribution in [0, 0.1) is 11.8 Å². The Bertz CT molecular complexity index is 443. The van der Waals surface area contributed by atoms with Crippen LogP contribution >= 0.6 is 12.4 Å². The van der Waals surface area contributed by atoms with Crippen molar-refractivity contribution in [2.24, 2.45) is 11.8 Å². The monoisotopic (exact) mass is 358 g/mol. The second kappa shape index (κ2) is 9.22. The number of amides is 1. The average Bonchev–Trinajstić information content (AvgIpc) is 2.44. The molecule has 2 saturated heterocycles. The van der Waals surface area contributed by atoms with Crippen molar-refractivity contribution in [3.63, 3.8) is 0 Å². The molecule has 0 aromatic rings. The lowest BCUT2D eigenvalue weighted by molar-refractivity contribution is -0.187. The van der Waals surface area contributed by atoms with Crippen molar-refractivity contribution in [2.45, 2.75) is 32.9 Å². The van der Waals surface area contributed by atoms with E-state index in [1.165, 1.54) is 6.92 Å². The highest BCUT2D eigenvalue weighted by Gasteiger charge is 2.44. The number of nitrogens with one attached hydrogen (secondary N) is 1. The van der Waals surface area contributed by atoms with Crippen LogP contribution in [0.4, 0.5) is 13.2 Å². The number of hydrogen-bond acceptors (Lipinski definition) is 4. The number of alkyl halides is 3. The third kappa shape index (κ3) is 6.87. The number of carbonyl (C=O) groups excluding carboxylic acids is 3. The van der Waals surface area contributed by atoms with E-state index in [2.05, 4.69) is 5.32 Å². The second-order valence-corrected chi connectivity index (χ2v) is 5.69. The van der Waals surface area contributed by atoms with Crippen molar-refractivity contribution in [1.29, 1.82) is 0 Å². The van der Waals surface area contributed by atoms with Gasteiger partial charge in [-0.2, -0.15) is 13.2 Å². The number of Topliss-reactive ketones (excluding diaryl/α,β-unsaturated/α-hetero) is 2. The summed E-state index contributed by atoms with van der Waals surface area (Å²) in [5.74, 6) is -1.77. The average molecular weight is 359 g/mol. The van der Waals surface area contributed by atoms with E-state index in [4.69, 9.17) is 0 Å². The first-order chi connectivity index (χ1) is 10.1. The first-order valence-corrected chi connectivity index (χ1v) is 7.25. The van der Waals surface area contributed by atoms with E-state index >= 15 is 0 Å². The van der Waals surface area contributed by atoms with Crippen LogP contribution in [-0.4, -0.2) is 54.7 Å². The predicted molar refractivity (Wildman–Crippen MR) is 80.3 cm³/mol. The lowest BCUT2D eigenvalue weighted by atomic mass is 9.98. The first kappa shape index (κ1) is 21.9. The standard InChI is InChI=1S/C8H10F3NO2.C6H11NO.ClH/c1-5-4-12(3-2-6(5)13)7(14)8(9,10)11;1-5-4-7-3-2-6(5)8;/h5H,2-4H2,1H3;5,7H,2-4H2,1H3;1H. The number of rotatable bonds is 0. The van der Waals surface area contributed by atoms with E-state index < -0.39 is 18.0 Å². The fourth-order valence-corrected chi connectivity index (χ4v) is 2.27. The summed E-state index contributed by atoms with van der Waals surface area (Å²) in [6.07, 6.45) is -4.09. The molecule has 23 heavy (non-hydrogen) atoms. The smallest absolute Gasteiger partial charge is 0.334 e. The number of ketones is 2. The number of halogens is 4. The summed E-state index contributed by atoms with van der Waals surface area (Å²) >= 11 is 0. The Morgan fingerprint density at radius 1 is 1.13 bits per heavy atom. The molecule has 2 fully saturated rings. The Hall–Kier alpha value is -1.15. The third-order valence-corrected chi connectivity index (χ3v) is 3.75. The molecule has 134 valence electrons. The Morgan fingerprint density at radius 3 is 2.09 bits per heavy atom. The molecule has 2 atom stereocenters. The minimum absolute atomic E-state index is 0. The van der Waals surface area contributed by atoms with Gasteiger partial charge in [-0.25, -0.2) is 0 Å². The number of hydrogen-bond donors (Lipinski definition) is 1. The van der Waals surface area contributed by atoms with Crippen molar-refractivity contribution in [2.75, 3.05) is 26.2 Å². The molecule has 1 N–H and O–H groups in total.